The molecule has 0 spiro atoms. The average molecular weight is 228 g/mol. The molecule has 0 unspecified atom stereocenters. The molecule has 1 fully saturated rings. The number of para-hydroxylation sites is 1. The van der Waals surface area contributed by atoms with Gasteiger partial charge in [0.2, 0.25) is 0 Å². The van der Waals surface area contributed by atoms with E-state index in [0.717, 1.165) is 24.4 Å². The van der Waals surface area contributed by atoms with Crippen molar-refractivity contribution in [3.63, 3.8) is 0 Å². The highest BCUT2D eigenvalue weighted by atomic mass is 15.3. The lowest BCUT2D eigenvalue weighted by atomic mass is 10.1. The first-order chi connectivity index (χ1) is 8.34. The highest BCUT2D eigenvalue weighted by molar-refractivity contribution is 5.46. The van der Waals surface area contributed by atoms with E-state index in [1.54, 1.807) is 0 Å². The van der Waals surface area contributed by atoms with Crippen LogP contribution in [0.4, 0.5) is 5.69 Å². The number of benzene rings is 1. The van der Waals surface area contributed by atoms with E-state index in [0.29, 0.717) is 6.04 Å². The molecule has 3 rings (SSSR count). The van der Waals surface area contributed by atoms with Crippen LogP contribution in [-0.4, -0.2) is 14.8 Å². The Balaban J connectivity index is 1.71. The third-order valence-electron chi connectivity index (χ3n) is 3.26. The molecule has 4 nitrogen and oxygen atoms in total. The lowest BCUT2D eigenvalue weighted by molar-refractivity contribution is 0.674. The first kappa shape index (κ1) is 10.3. The number of nitrogen functional groups attached to an aromatic ring is 1. The van der Waals surface area contributed by atoms with E-state index in [1.807, 2.05) is 24.5 Å². The number of hydrogen-bond acceptors (Lipinski definition) is 3. The molecule has 1 aliphatic carbocycles. The molecule has 1 aromatic heterocycles. The molecule has 0 aliphatic heterocycles. The van der Waals surface area contributed by atoms with Gasteiger partial charge in [-0.05, 0) is 30.9 Å². The average Bonchev–Trinajstić information content (AvgIpc) is 3.08. The highest BCUT2D eigenvalue weighted by Gasteiger charge is 2.25. The van der Waals surface area contributed by atoms with Crippen LogP contribution in [0.15, 0.2) is 30.6 Å². The Labute approximate surface area is 100 Å². The second kappa shape index (κ2) is 4.20. The largest absolute Gasteiger partial charge is 0.399 e. The smallest absolute Gasteiger partial charge is 0.133 e. The molecule has 2 aromatic rings. The Morgan fingerprint density at radius 1 is 1.24 bits per heavy atom. The molecule has 1 aliphatic rings. The minimum Gasteiger partial charge on any atom is -0.399 e. The Kier molecular flexibility index (Phi) is 2.55. The van der Waals surface area contributed by atoms with Crippen LogP contribution >= 0.6 is 0 Å². The van der Waals surface area contributed by atoms with Crippen LogP contribution in [0.1, 0.15) is 30.3 Å². The highest BCUT2D eigenvalue weighted by Crippen LogP contribution is 2.35. The van der Waals surface area contributed by atoms with Crippen LogP contribution in [0, 0.1) is 0 Å². The third-order valence-corrected chi connectivity index (χ3v) is 3.26. The molecule has 1 aromatic carbocycles. The van der Waals surface area contributed by atoms with Crippen LogP contribution in [-0.2, 0) is 12.8 Å². The van der Waals surface area contributed by atoms with Gasteiger partial charge in [0, 0.05) is 18.2 Å². The zero-order valence-corrected chi connectivity index (χ0v) is 9.71. The molecule has 0 radical (unpaired) electrons. The fourth-order valence-corrected chi connectivity index (χ4v) is 2.11. The standard InChI is InChI=1S/C13H16N4/c14-12-4-2-1-3-10(12)5-8-13-16-15-9-17(13)11-6-7-11/h1-4,9,11H,5-8,14H2. The molecular formula is C13H16N4. The summed E-state index contributed by atoms with van der Waals surface area (Å²) in [5, 5.41) is 8.19. The summed E-state index contributed by atoms with van der Waals surface area (Å²) < 4.78 is 2.21. The van der Waals surface area contributed by atoms with Crippen molar-refractivity contribution in [1.29, 1.82) is 0 Å². The zero-order chi connectivity index (χ0) is 11.7. The molecule has 0 amide bonds. The molecule has 4 heteroatoms. The van der Waals surface area contributed by atoms with E-state index < -0.39 is 0 Å². The number of hydrogen-bond donors (Lipinski definition) is 1. The SMILES string of the molecule is Nc1ccccc1CCc1nncn1C1CC1. The monoisotopic (exact) mass is 228 g/mol. The quantitative estimate of drug-likeness (QED) is 0.814. The summed E-state index contributed by atoms with van der Waals surface area (Å²) >= 11 is 0. The minimum absolute atomic E-state index is 0.646. The van der Waals surface area contributed by atoms with Crippen LogP contribution in [0.5, 0.6) is 0 Å². The molecule has 1 saturated carbocycles. The van der Waals surface area contributed by atoms with E-state index in [4.69, 9.17) is 5.73 Å². The molecule has 0 atom stereocenters. The van der Waals surface area contributed by atoms with Gasteiger partial charge in [-0.25, -0.2) is 0 Å². The predicted molar refractivity (Wildman–Crippen MR) is 66.6 cm³/mol. The van der Waals surface area contributed by atoms with Crippen molar-refractivity contribution in [3.8, 4) is 0 Å². The topological polar surface area (TPSA) is 56.7 Å². The molecule has 1 heterocycles. The summed E-state index contributed by atoms with van der Waals surface area (Å²) in [6, 6.07) is 8.66. The Hall–Kier alpha value is -1.84. The van der Waals surface area contributed by atoms with Gasteiger partial charge < -0.3 is 10.3 Å². The van der Waals surface area contributed by atoms with E-state index >= 15 is 0 Å². The number of aromatic nitrogens is 3. The van der Waals surface area contributed by atoms with Crippen molar-refractivity contribution < 1.29 is 0 Å². The summed E-state index contributed by atoms with van der Waals surface area (Å²) in [5.41, 5.74) is 7.99. The van der Waals surface area contributed by atoms with Gasteiger partial charge >= 0.3 is 0 Å². The lowest BCUT2D eigenvalue weighted by Gasteiger charge is -2.06. The van der Waals surface area contributed by atoms with E-state index in [1.165, 1.54) is 18.4 Å². The van der Waals surface area contributed by atoms with Crippen LogP contribution in [0.3, 0.4) is 0 Å². The molecule has 88 valence electrons. The molecule has 17 heavy (non-hydrogen) atoms. The summed E-state index contributed by atoms with van der Waals surface area (Å²) in [7, 11) is 0. The summed E-state index contributed by atoms with van der Waals surface area (Å²) in [6.45, 7) is 0. The van der Waals surface area contributed by atoms with Crippen molar-refractivity contribution in [2.45, 2.75) is 31.7 Å². The van der Waals surface area contributed by atoms with Crippen molar-refractivity contribution >= 4 is 5.69 Å². The lowest BCUT2D eigenvalue weighted by Crippen LogP contribution is -2.04. The van der Waals surface area contributed by atoms with Gasteiger partial charge in [0.05, 0.1) is 0 Å². The number of rotatable bonds is 4. The first-order valence-corrected chi connectivity index (χ1v) is 6.06. The van der Waals surface area contributed by atoms with Crippen molar-refractivity contribution in [2.24, 2.45) is 0 Å². The summed E-state index contributed by atoms with van der Waals surface area (Å²) in [5.74, 6) is 1.08. The van der Waals surface area contributed by atoms with Gasteiger partial charge in [-0.3, -0.25) is 0 Å². The number of anilines is 1. The second-order valence-corrected chi connectivity index (χ2v) is 4.58. The van der Waals surface area contributed by atoms with E-state index in [-0.39, 0.29) is 0 Å². The Bertz CT molecular complexity index is 514. The van der Waals surface area contributed by atoms with Crippen molar-refractivity contribution in [1.82, 2.24) is 14.8 Å². The first-order valence-electron chi connectivity index (χ1n) is 6.06. The van der Waals surface area contributed by atoms with E-state index in [2.05, 4.69) is 20.8 Å². The number of aryl methyl sites for hydroxylation is 2. The van der Waals surface area contributed by atoms with Crippen molar-refractivity contribution in [2.75, 3.05) is 5.73 Å². The van der Waals surface area contributed by atoms with Gasteiger partial charge in [0.25, 0.3) is 0 Å². The predicted octanol–water partition coefficient (Wildman–Crippen LogP) is 1.98. The number of nitrogens with zero attached hydrogens (tertiary/aromatic N) is 3. The van der Waals surface area contributed by atoms with Gasteiger partial charge in [0.1, 0.15) is 12.2 Å². The fraction of sp³-hybridized carbons (Fsp3) is 0.385. The van der Waals surface area contributed by atoms with Gasteiger partial charge in [0.15, 0.2) is 0 Å². The fourth-order valence-electron chi connectivity index (χ4n) is 2.11. The third kappa shape index (κ3) is 2.16. The zero-order valence-electron chi connectivity index (χ0n) is 9.71. The van der Waals surface area contributed by atoms with Crippen LogP contribution in [0.25, 0.3) is 0 Å². The molecule has 2 N–H and O–H groups in total. The summed E-state index contributed by atoms with van der Waals surface area (Å²) in [4.78, 5) is 0. The van der Waals surface area contributed by atoms with Gasteiger partial charge in [-0.15, -0.1) is 10.2 Å². The van der Waals surface area contributed by atoms with Gasteiger partial charge in [-0.2, -0.15) is 0 Å². The molecule has 0 bridgehead atoms. The summed E-state index contributed by atoms with van der Waals surface area (Å²) in [6.07, 6.45) is 6.21. The molecule has 0 saturated heterocycles. The normalized spacial score (nSPS) is 15.1. The maximum absolute atomic E-state index is 5.93. The minimum atomic E-state index is 0.646. The maximum Gasteiger partial charge on any atom is 0.133 e. The molecular weight excluding hydrogens is 212 g/mol. The Morgan fingerprint density at radius 2 is 2.06 bits per heavy atom. The maximum atomic E-state index is 5.93. The van der Waals surface area contributed by atoms with Crippen LogP contribution in [0.2, 0.25) is 0 Å². The second-order valence-electron chi connectivity index (χ2n) is 4.58. The number of nitrogens with two attached hydrogens (primary N) is 1. The Morgan fingerprint density at radius 3 is 2.82 bits per heavy atom. The van der Waals surface area contributed by atoms with Gasteiger partial charge in [-0.1, -0.05) is 18.2 Å². The van der Waals surface area contributed by atoms with Crippen LogP contribution < -0.4 is 5.73 Å². The van der Waals surface area contributed by atoms with Crippen molar-refractivity contribution in [3.05, 3.63) is 42.0 Å². The van der Waals surface area contributed by atoms with E-state index in [9.17, 15) is 0 Å².